The van der Waals surface area contributed by atoms with Crippen molar-refractivity contribution in [1.29, 1.82) is 0 Å². The molecule has 2 aromatic rings. The highest BCUT2D eigenvalue weighted by Gasteiger charge is 2.35. The number of carbonyl (C=O) groups excluding carboxylic acids is 1. The van der Waals surface area contributed by atoms with Crippen molar-refractivity contribution in [3.05, 3.63) is 59.3 Å². The van der Waals surface area contributed by atoms with E-state index >= 15 is 0 Å². The molecule has 0 saturated heterocycles. The van der Waals surface area contributed by atoms with Crippen LogP contribution >= 0.6 is 0 Å². The number of furan rings is 1. The van der Waals surface area contributed by atoms with Crippen LogP contribution < -0.4 is 0 Å². The van der Waals surface area contributed by atoms with Gasteiger partial charge in [0.25, 0.3) is 0 Å². The van der Waals surface area contributed by atoms with E-state index in [0.29, 0.717) is 23.8 Å². The van der Waals surface area contributed by atoms with Crippen LogP contribution in [0, 0.1) is 5.82 Å². The topological polar surface area (TPSA) is 30.2 Å². The molecular formula is C13H8F4O2. The van der Waals surface area contributed by atoms with E-state index in [1.807, 2.05) is 0 Å². The van der Waals surface area contributed by atoms with Crippen molar-refractivity contribution in [3.8, 4) is 0 Å². The van der Waals surface area contributed by atoms with Gasteiger partial charge in [-0.2, -0.15) is 13.2 Å². The Bertz CT molecular complexity index is 585. The quantitative estimate of drug-likeness (QED) is 0.627. The first-order valence-electron chi connectivity index (χ1n) is 5.29. The molecule has 0 N–H and O–H groups in total. The molecule has 0 amide bonds. The van der Waals surface area contributed by atoms with Crippen molar-refractivity contribution < 1.29 is 26.8 Å². The Morgan fingerprint density at radius 3 is 2.53 bits per heavy atom. The summed E-state index contributed by atoms with van der Waals surface area (Å²) < 4.78 is 55.9. The number of halogens is 4. The number of Topliss-reactive ketones (excluding diaryl/α,β-unsaturated/α-hetero) is 1. The van der Waals surface area contributed by atoms with E-state index in [-0.39, 0.29) is 6.42 Å². The number of carbonyl (C=O) groups is 1. The molecule has 0 bridgehead atoms. The summed E-state index contributed by atoms with van der Waals surface area (Å²) in [4.78, 5) is 11.8. The second-order valence-corrected chi connectivity index (χ2v) is 3.92. The van der Waals surface area contributed by atoms with Crippen LogP contribution in [0.5, 0.6) is 0 Å². The molecule has 6 heteroatoms. The number of ketones is 1. The zero-order chi connectivity index (χ0) is 14.0. The van der Waals surface area contributed by atoms with Gasteiger partial charge >= 0.3 is 6.18 Å². The molecule has 2 rings (SSSR count). The fourth-order valence-corrected chi connectivity index (χ4v) is 1.67. The van der Waals surface area contributed by atoms with Crippen molar-refractivity contribution in [2.24, 2.45) is 0 Å². The molecule has 0 aliphatic heterocycles. The van der Waals surface area contributed by atoms with Crippen LogP contribution in [-0.2, 0) is 12.6 Å². The third kappa shape index (κ3) is 3.01. The molecule has 1 heterocycles. The van der Waals surface area contributed by atoms with Gasteiger partial charge in [-0.05, 0) is 29.8 Å². The molecule has 2 nitrogen and oxygen atoms in total. The maximum atomic E-state index is 13.0. The van der Waals surface area contributed by atoms with E-state index in [1.165, 1.54) is 18.6 Å². The predicted molar refractivity (Wildman–Crippen MR) is 58.1 cm³/mol. The summed E-state index contributed by atoms with van der Waals surface area (Å²) in [6.45, 7) is 0. The van der Waals surface area contributed by atoms with Gasteiger partial charge in [0.15, 0.2) is 5.78 Å². The SMILES string of the molecule is O=C(Cc1ccoc1)c1cc(F)ccc1C(F)(F)F. The third-order valence-electron chi connectivity index (χ3n) is 2.53. The summed E-state index contributed by atoms with van der Waals surface area (Å²) in [6, 6.07) is 3.31. The van der Waals surface area contributed by atoms with Gasteiger partial charge in [-0.15, -0.1) is 0 Å². The number of rotatable bonds is 3. The van der Waals surface area contributed by atoms with Crippen LogP contribution in [-0.4, -0.2) is 5.78 Å². The summed E-state index contributed by atoms with van der Waals surface area (Å²) in [7, 11) is 0. The van der Waals surface area contributed by atoms with Crippen LogP contribution in [0.1, 0.15) is 21.5 Å². The first kappa shape index (κ1) is 13.3. The normalized spacial score (nSPS) is 11.6. The van der Waals surface area contributed by atoms with Gasteiger partial charge in [0.2, 0.25) is 0 Å². The lowest BCUT2D eigenvalue weighted by Gasteiger charge is -2.11. The Kier molecular flexibility index (Phi) is 3.42. The average molecular weight is 272 g/mol. The van der Waals surface area contributed by atoms with Gasteiger partial charge in [-0.25, -0.2) is 4.39 Å². The Morgan fingerprint density at radius 1 is 1.21 bits per heavy atom. The number of benzene rings is 1. The minimum atomic E-state index is -4.70. The average Bonchev–Trinajstić information content (AvgIpc) is 2.80. The molecule has 0 unspecified atom stereocenters. The maximum absolute atomic E-state index is 13.0. The van der Waals surface area contributed by atoms with E-state index in [4.69, 9.17) is 4.42 Å². The van der Waals surface area contributed by atoms with E-state index in [2.05, 4.69) is 0 Å². The Hall–Kier alpha value is -2.11. The minimum Gasteiger partial charge on any atom is -0.472 e. The molecule has 0 saturated carbocycles. The molecule has 0 aliphatic rings. The highest BCUT2D eigenvalue weighted by molar-refractivity contribution is 5.99. The van der Waals surface area contributed by atoms with Crippen LogP contribution in [0.2, 0.25) is 0 Å². The number of hydrogen-bond donors (Lipinski definition) is 0. The van der Waals surface area contributed by atoms with E-state index < -0.39 is 28.9 Å². The van der Waals surface area contributed by atoms with Crippen LogP contribution in [0.3, 0.4) is 0 Å². The Morgan fingerprint density at radius 2 is 1.95 bits per heavy atom. The van der Waals surface area contributed by atoms with Gasteiger partial charge < -0.3 is 4.42 Å². The zero-order valence-corrected chi connectivity index (χ0v) is 9.50. The fourth-order valence-electron chi connectivity index (χ4n) is 1.67. The third-order valence-corrected chi connectivity index (χ3v) is 2.53. The molecular weight excluding hydrogens is 264 g/mol. The van der Waals surface area contributed by atoms with Crippen molar-refractivity contribution in [2.75, 3.05) is 0 Å². The predicted octanol–water partition coefficient (Wildman–Crippen LogP) is 3.86. The molecule has 19 heavy (non-hydrogen) atoms. The van der Waals surface area contributed by atoms with Gasteiger partial charge in [-0.3, -0.25) is 4.79 Å². The summed E-state index contributed by atoms with van der Waals surface area (Å²) in [5, 5.41) is 0. The van der Waals surface area contributed by atoms with Crippen LogP contribution in [0.15, 0.2) is 41.2 Å². The first-order chi connectivity index (χ1) is 8.88. The number of hydrogen-bond acceptors (Lipinski definition) is 2. The van der Waals surface area contributed by atoms with Gasteiger partial charge in [0.05, 0.1) is 18.1 Å². The maximum Gasteiger partial charge on any atom is 0.417 e. The summed E-state index contributed by atoms with van der Waals surface area (Å²) in [6.07, 6.45) is -2.42. The lowest BCUT2D eigenvalue weighted by atomic mass is 9.99. The zero-order valence-electron chi connectivity index (χ0n) is 9.50. The van der Waals surface area contributed by atoms with Gasteiger partial charge in [0.1, 0.15) is 5.82 Å². The largest absolute Gasteiger partial charge is 0.472 e. The molecule has 0 aliphatic carbocycles. The molecule has 0 spiro atoms. The minimum absolute atomic E-state index is 0.275. The number of alkyl halides is 3. The van der Waals surface area contributed by atoms with E-state index in [9.17, 15) is 22.4 Å². The molecule has 0 fully saturated rings. The van der Waals surface area contributed by atoms with E-state index in [0.717, 1.165) is 0 Å². The molecule has 0 atom stereocenters. The highest BCUT2D eigenvalue weighted by atomic mass is 19.4. The standard InChI is InChI=1S/C13H8F4O2/c14-9-1-2-11(13(15,16)17)10(6-9)12(18)5-8-3-4-19-7-8/h1-4,6-7H,5H2. The van der Waals surface area contributed by atoms with Crippen molar-refractivity contribution >= 4 is 5.78 Å². The van der Waals surface area contributed by atoms with Gasteiger partial charge in [0, 0.05) is 12.0 Å². The highest BCUT2D eigenvalue weighted by Crippen LogP contribution is 2.32. The summed E-state index contributed by atoms with van der Waals surface area (Å²) in [5.41, 5.74) is -1.38. The Balaban J connectivity index is 2.37. The fraction of sp³-hybridized carbons (Fsp3) is 0.154. The smallest absolute Gasteiger partial charge is 0.417 e. The summed E-state index contributed by atoms with van der Waals surface area (Å²) >= 11 is 0. The van der Waals surface area contributed by atoms with E-state index in [1.54, 1.807) is 0 Å². The second kappa shape index (κ2) is 4.87. The van der Waals surface area contributed by atoms with Crippen molar-refractivity contribution in [3.63, 3.8) is 0 Å². The van der Waals surface area contributed by atoms with Crippen molar-refractivity contribution in [1.82, 2.24) is 0 Å². The van der Waals surface area contributed by atoms with Crippen LogP contribution in [0.25, 0.3) is 0 Å². The molecule has 0 radical (unpaired) electrons. The Labute approximate surface area is 105 Å². The molecule has 100 valence electrons. The van der Waals surface area contributed by atoms with Crippen LogP contribution in [0.4, 0.5) is 17.6 Å². The lowest BCUT2D eigenvalue weighted by Crippen LogP contribution is -2.14. The molecule has 1 aromatic heterocycles. The van der Waals surface area contributed by atoms with Crippen molar-refractivity contribution in [2.45, 2.75) is 12.6 Å². The van der Waals surface area contributed by atoms with Gasteiger partial charge in [-0.1, -0.05) is 0 Å². The summed E-state index contributed by atoms with van der Waals surface area (Å²) in [5.74, 6) is -1.70. The first-order valence-corrected chi connectivity index (χ1v) is 5.29. The molecule has 1 aromatic carbocycles. The lowest BCUT2D eigenvalue weighted by molar-refractivity contribution is -0.137. The monoisotopic (exact) mass is 272 g/mol. The second-order valence-electron chi connectivity index (χ2n) is 3.92.